The summed E-state index contributed by atoms with van der Waals surface area (Å²) in [7, 11) is 3.25. The van der Waals surface area contributed by atoms with Gasteiger partial charge in [0.25, 0.3) is 17.4 Å². The number of pyridine rings is 1. The highest BCUT2D eigenvalue weighted by Crippen LogP contribution is 2.34. The van der Waals surface area contributed by atoms with Gasteiger partial charge in [-0.1, -0.05) is 0 Å². The minimum Gasteiger partial charge on any atom is -0.496 e. The second kappa shape index (κ2) is 10.0. The van der Waals surface area contributed by atoms with Gasteiger partial charge in [-0.25, -0.2) is 0 Å². The number of aromatic nitrogens is 3. The van der Waals surface area contributed by atoms with E-state index in [0.29, 0.717) is 16.8 Å². The summed E-state index contributed by atoms with van der Waals surface area (Å²) in [4.78, 5) is 39.7. The Kier molecular flexibility index (Phi) is 6.76. The first kappa shape index (κ1) is 25.0. The summed E-state index contributed by atoms with van der Waals surface area (Å²) in [5, 5.41) is 17.9. The number of amides is 2. The third kappa shape index (κ3) is 4.98. The Morgan fingerprint density at radius 2 is 1.86 bits per heavy atom. The summed E-state index contributed by atoms with van der Waals surface area (Å²) < 4.78 is 9.11. The lowest BCUT2D eigenvalue weighted by Gasteiger charge is -2.35. The minimum absolute atomic E-state index is 0.0983. The first-order valence-electron chi connectivity index (χ1n) is 12.8. The third-order valence-corrected chi connectivity index (χ3v) is 7.54. The Bertz CT molecular complexity index is 1380. The van der Waals surface area contributed by atoms with Crippen molar-refractivity contribution < 1.29 is 19.4 Å². The molecule has 2 aromatic heterocycles. The molecule has 2 saturated carbocycles. The van der Waals surface area contributed by atoms with Crippen molar-refractivity contribution in [2.24, 2.45) is 0 Å². The monoisotopic (exact) mass is 507 g/mol. The van der Waals surface area contributed by atoms with E-state index < -0.39 is 12.0 Å². The largest absolute Gasteiger partial charge is 0.496 e. The first-order valence-corrected chi connectivity index (χ1v) is 12.8. The molecule has 2 amide bonds. The molecule has 2 fully saturated rings. The number of carbonyl (C=O) groups excluding carboxylic acids is 2. The van der Waals surface area contributed by atoms with Crippen molar-refractivity contribution in [2.45, 2.75) is 69.7 Å². The maximum Gasteiger partial charge on any atom is 0.274 e. The molecule has 10 heteroatoms. The molecule has 0 aliphatic heterocycles. The van der Waals surface area contributed by atoms with Gasteiger partial charge in [0, 0.05) is 43.0 Å². The van der Waals surface area contributed by atoms with Crippen LogP contribution >= 0.6 is 0 Å². The molecular formula is C27H33N5O5. The number of carbonyl (C=O) groups is 2. The molecule has 2 aliphatic carbocycles. The fourth-order valence-corrected chi connectivity index (χ4v) is 5.22. The van der Waals surface area contributed by atoms with Gasteiger partial charge < -0.3 is 24.6 Å². The van der Waals surface area contributed by atoms with Crippen LogP contribution < -0.4 is 15.6 Å². The Balaban J connectivity index is 1.33. The molecule has 0 saturated heterocycles. The van der Waals surface area contributed by atoms with Gasteiger partial charge in [-0.2, -0.15) is 5.10 Å². The molecule has 2 heterocycles. The zero-order chi connectivity index (χ0) is 26.3. The van der Waals surface area contributed by atoms with E-state index in [1.54, 1.807) is 47.0 Å². The lowest BCUT2D eigenvalue weighted by Crippen LogP contribution is -2.43. The van der Waals surface area contributed by atoms with Gasteiger partial charge in [0.05, 0.1) is 24.2 Å². The number of likely N-dealkylation sites (N-methyl/N-ethyl adjacent to an activating group) is 1. The fraction of sp³-hybridized carbons (Fsp3) is 0.481. The fourth-order valence-electron chi connectivity index (χ4n) is 5.22. The maximum absolute atomic E-state index is 13.2. The van der Waals surface area contributed by atoms with E-state index in [4.69, 9.17) is 9.84 Å². The number of benzene rings is 1. The normalized spacial score (nSPS) is 20.4. The van der Waals surface area contributed by atoms with Crippen LogP contribution in [0.1, 0.15) is 67.9 Å². The van der Waals surface area contributed by atoms with Gasteiger partial charge in [-0.3, -0.25) is 19.1 Å². The van der Waals surface area contributed by atoms with E-state index >= 15 is 0 Å². The predicted octanol–water partition coefficient (Wildman–Crippen LogP) is 3.12. The van der Waals surface area contributed by atoms with Crippen LogP contribution in [-0.4, -0.2) is 62.5 Å². The highest BCUT2D eigenvalue weighted by atomic mass is 16.5. The molecule has 37 heavy (non-hydrogen) atoms. The predicted molar refractivity (Wildman–Crippen MR) is 139 cm³/mol. The van der Waals surface area contributed by atoms with E-state index in [-0.39, 0.29) is 35.3 Å². The Labute approximate surface area is 214 Å². The summed E-state index contributed by atoms with van der Waals surface area (Å²) in [5.74, 6) is -0.285. The Morgan fingerprint density at radius 1 is 1.16 bits per heavy atom. The molecule has 3 aromatic rings. The number of nitrogens with one attached hydrogen (secondary N) is 1. The van der Waals surface area contributed by atoms with Crippen LogP contribution in [0, 0.1) is 0 Å². The number of methoxy groups -OCH3 is 1. The average molecular weight is 508 g/mol. The number of nitrogens with zero attached hydrogens (tertiary/aromatic N) is 4. The van der Waals surface area contributed by atoms with E-state index in [1.165, 1.54) is 14.0 Å². The van der Waals surface area contributed by atoms with Crippen LogP contribution in [0.15, 0.2) is 41.5 Å². The molecule has 2 aliphatic rings. The van der Waals surface area contributed by atoms with E-state index in [1.807, 2.05) is 10.9 Å². The van der Waals surface area contributed by atoms with Crippen molar-refractivity contribution in [1.82, 2.24) is 19.2 Å². The van der Waals surface area contributed by atoms with Gasteiger partial charge >= 0.3 is 0 Å². The number of fused-ring (bicyclic) bond motifs is 1. The number of ether oxygens (including phenoxy) is 1. The lowest BCUT2D eigenvalue weighted by molar-refractivity contribution is -0.140. The molecule has 0 unspecified atom stereocenters. The van der Waals surface area contributed by atoms with Crippen LogP contribution in [0.5, 0.6) is 5.75 Å². The zero-order valence-corrected chi connectivity index (χ0v) is 21.4. The molecule has 2 N–H and O–H groups in total. The summed E-state index contributed by atoms with van der Waals surface area (Å²) in [6.07, 6.45) is 7.99. The molecule has 1 atom stereocenters. The van der Waals surface area contributed by atoms with Gasteiger partial charge in [-0.15, -0.1) is 0 Å². The van der Waals surface area contributed by atoms with Crippen LogP contribution in [0.3, 0.4) is 0 Å². The average Bonchev–Trinajstić information content (AvgIpc) is 3.66. The second-order valence-corrected chi connectivity index (χ2v) is 10.1. The topological polar surface area (TPSA) is 119 Å². The van der Waals surface area contributed by atoms with Gasteiger partial charge in [0.1, 0.15) is 17.5 Å². The minimum atomic E-state index is -0.998. The molecular weight excluding hydrogens is 474 g/mol. The van der Waals surface area contributed by atoms with Crippen LogP contribution in [0.4, 0.5) is 5.69 Å². The van der Waals surface area contributed by atoms with Crippen molar-refractivity contribution in [2.75, 3.05) is 19.5 Å². The van der Waals surface area contributed by atoms with E-state index in [0.717, 1.165) is 43.9 Å². The van der Waals surface area contributed by atoms with Crippen molar-refractivity contribution in [3.05, 3.63) is 52.6 Å². The van der Waals surface area contributed by atoms with Gasteiger partial charge in [0.15, 0.2) is 0 Å². The SMILES string of the molecule is COc1cc2nn(C3CCC(N(C)C(=O)[C@H](C)O)CC3)cc2cc1C(=O)Nc1cccn(C2CC2)c1=O. The van der Waals surface area contributed by atoms with E-state index in [9.17, 15) is 19.5 Å². The standard InChI is InChI=1S/C27H33N5O5/c1-16(33)26(35)30(2)18-6-10-20(11-7-18)32-15-17-13-21(24(37-3)14-23(17)29-32)25(34)28-22-5-4-12-31(27(22)36)19-8-9-19/h4-5,12-16,18-20,33H,6-11H2,1-3H3,(H,28,34)/t16-,18?,20?/m0/s1. The first-order chi connectivity index (χ1) is 17.8. The molecule has 10 nitrogen and oxygen atoms in total. The molecule has 0 spiro atoms. The smallest absolute Gasteiger partial charge is 0.274 e. The summed E-state index contributed by atoms with van der Waals surface area (Å²) >= 11 is 0. The van der Waals surface area contributed by atoms with Crippen LogP contribution in [0.25, 0.3) is 10.9 Å². The van der Waals surface area contributed by atoms with Gasteiger partial charge in [-0.05, 0) is 63.6 Å². The zero-order valence-electron chi connectivity index (χ0n) is 21.4. The molecule has 0 bridgehead atoms. The quantitative estimate of drug-likeness (QED) is 0.507. The second-order valence-electron chi connectivity index (χ2n) is 10.1. The van der Waals surface area contributed by atoms with Crippen molar-refractivity contribution in [1.29, 1.82) is 0 Å². The number of anilines is 1. The Morgan fingerprint density at radius 3 is 2.51 bits per heavy atom. The number of aliphatic hydroxyl groups is 1. The molecule has 196 valence electrons. The number of hydrogen-bond acceptors (Lipinski definition) is 6. The van der Waals surface area contributed by atoms with Crippen LogP contribution in [0.2, 0.25) is 0 Å². The summed E-state index contributed by atoms with van der Waals surface area (Å²) in [6.45, 7) is 1.49. The highest BCUT2D eigenvalue weighted by Gasteiger charge is 2.30. The molecule has 0 radical (unpaired) electrons. The van der Waals surface area contributed by atoms with E-state index in [2.05, 4.69) is 5.32 Å². The summed E-state index contributed by atoms with van der Waals surface area (Å²) in [6, 6.07) is 7.37. The number of hydrogen-bond donors (Lipinski definition) is 2. The number of aliphatic hydroxyl groups excluding tert-OH is 1. The van der Waals surface area contributed by atoms with Gasteiger partial charge in [0.2, 0.25) is 0 Å². The maximum atomic E-state index is 13.2. The van der Waals surface area contributed by atoms with Crippen molar-refractivity contribution in [3.63, 3.8) is 0 Å². The summed E-state index contributed by atoms with van der Waals surface area (Å²) in [5.41, 5.74) is 1.08. The highest BCUT2D eigenvalue weighted by molar-refractivity contribution is 6.08. The van der Waals surface area contributed by atoms with Crippen LogP contribution in [-0.2, 0) is 4.79 Å². The van der Waals surface area contributed by atoms with Crippen molar-refractivity contribution in [3.8, 4) is 5.75 Å². The lowest BCUT2D eigenvalue weighted by atomic mass is 9.90. The third-order valence-electron chi connectivity index (χ3n) is 7.54. The Hall–Kier alpha value is -3.66. The van der Waals surface area contributed by atoms with Crippen molar-refractivity contribution >= 4 is 28.4 Å². The molecule has 5 rings (SSSR count). The molecule has 1 aromatic carbocycles. The number of rotatable bonds is 7.